The second kappa shape index (κ2) is 13.1. The molecule has 3 atom stereocenters. The molecule has 1 aliphatic heterocycles. The molecule has 1 saturated heterocycles. The Labute approximate surface area is 186 Å². The summed E-state index contributed by atoms with van der Waals surface area (Å²) in [5.41, 5.74) is 0.968. The van der Waals surface area contributed by atoms with Crippen LogP contribution in [0.15, 0.2) is 30.3 Å². The Bertz CT molecular complexity index is 708. The van der Waals surface area contributed by atoms with Crippen molar-refractivity contribution in [3.05, 3.63) is 35.9 Å². The fraction of sp³-hybridized carbons (Fsp3) is 0.625. The van der Waals surface area contributed by atoms with Crippen molar-refractivity contribution in [2.45, 2.75) is 77.4 Å². The Morgan fingerprint density at radius 3 is 2.19 bits per heavy atom. The van der Waals surface area contributed by atoms with Gasteiger partial charge in [-0.2, -0.15) is 0 Å². The van der Waals surface area contributed by atoms with E-state index in [1.165, 1.54) is 0 Å². The van der Waals surface area contributed by atoms with Crippen LogP contribution in [0.2, 0.25) is 0 Å². The fourth-order valence-electron chi connectivity index (χ4n) is 3.70. The molecule has 1 fully saturated rings. The van der Waals surface area contributed by atoms with Crippen LogP contribution in [0.25, 0.3) is 0 Å². The molecule has 7 heteroatoms. The number of nitrogens with one attached hydrogen (secondary N) is 4. The minimum atomic E-state index is -0.733. The van der Waals surface area contributed by atoms with E-state index < -0.39 is 12.1 Å². The van der Waals surface area contributed by atoms with E-state index in [4.69, 9.17) is 0 Å². The maximum absolute atomic E-state index is 12.8. The zero-order valence-corrected chi connectivity index (χ0v) is 19.1. The first-order valence-corrected chi connectivity index (χ1v) is 11.5. The van der Waals surface area contributed by atoms with E-state index in [2.05, 4.69) is 35.1 Å². The molecule has 1 aliphatic rings. The lowest BCUT2D eigenvalue weighted by molar-refractivity contribution is -0.132. The third kappa shape index (κ3) is 9.09. The van der Waals surface area contributed by atoms with E-state index >= 15 is 0 Å². The average Bonchev–Trinajstić information content (AvgIpc) is 2.73. The van der Waals surface area contributed by atoms with Gasteiger partial charge in [-0.15, -0.1) is 0 Å². The average molecular weight is 431 g/mol. The van der Waals surface area contributed by atoms with Gasteiger partial charge in [0.05, 0.1) is 6.04 Å². The predicted octanol–water partition coefficient (Wildman–Crippen LogP) is 1.91. The lowest BCUT2D eigenvalue weighted by Crippen LogP contribution is -2.56. The lowest BCUT2D eigenvalue weighted by Gasteiger charge is -2.25. The van der Waals surface area contributed by atoms with Gasteiger partial charge in [0.25, 0.3) is 0 Å². The highest BCUT2D eigenvalue weighted by Crippen LogP contribution is 2.08. The predicted molar refractivity (Wildman–Crippen MR) is 122 cm³/mol. The van der Waals surface area contributed by atoms with Crippen molar-refractivity contribution in [1.29, 1.82) is 0 Å². The Kier molecular flexibility index (Phi) is 10.5. The van der Waals surface area contributed by atoms with Crippen LogP contribution in [0.1, 0.15) is 58.4 Å². The van der Waals surface area contributed by atoms with Gasteiger partial charge in [-0.3, -0.25) is 14.4 Å². The molecule has 1 aromatic rings. The van der Waals surface area contributed by atoms with Crippen molar-refractivity contribution in [2.24, 2.45) is 5.92 Å². The molecule has 1 heterocycles. The summed E-state index contributed by atoms with van der Waals surface area (Å²) < 4.78 is 0. The Morgan fingerprint density at radius 2 is 1.52 bits per heavy atom. The number of rotatable bonds is 4. The smallest absolute Gasteiger partial charge is 0.242 e. The SMILES string of the molecule is CC(C)C[C@@H]1NCCCCCCNC(=O)[C@H](Cc2ccccc2)NC(=O)[C@H](C)NC1=O. The molecule has 0 aromatic heterocycles. The molecule has 0 spiro atoms. The second-order valence-corrected chi connectivity index (χ2v) is 8.82. The maximum Gasteiger partial charge on any atom is 0.242 e. The number of hydrogen-bond donors (Lipinski definition) is 4. The van der Waals surface area contributed by atoms with Crippen molar-refractivity contribution >= 4 is 17.7 Å². The van der Waals surface area contributed by atoms with E-state index in [0.717, 1.165) is 37.8 Å². The van der Waals surface area contributed by atoms with Gasteiger partial charge < -0.3 is 21.3 Å². The first-order chi connectivity index (χ1) is 14.9. The molecule has 3 amide bonds. The van der Waals surface area contributed by atoms with Crippen LogP contribution in [-0.2, 0) is 20.8 Å². The van der Waals surface area contributed by atoms with Crippen LogP contribution in [0.4, 0.5) is 0 Å². The van der Waals surface area contributed by atoms with Crippen LogP contribution in [0, 0.1) is 5.92 Å². The number of hydrogen-bond acceptors (Lipinski definition) is 4. The third-order valence-electron chi connectivity index (χ3n) is 5.48. The molecule has 0 bridgehead atoms. The molecule has 0 saturated carbocycles. The number of benzene rings is 1. The van der Waals surface area contributed by atoms with Crippen molar-refractivity contribution in [3.63, 3.8) is 0 Å². The van der Waals surface area contributed by atoms with Crippen molar-refractivity contribution < 1.29 is 14.4 Å². The Morgan fingerprint density at radius 1 is 0.839 bits per heavy atom. The fourth-order valence-corrected chi connectivity index (χ4v) is 3.70. The summed E-state index contributed by atoms with van der Waals surface area (Å²) in [6, 6.07) is 7.86. The first-order valence-electron chi connectivity index (χ1n) is 11.5. The normalized spacial score (nSPS) is 24.9. The quantitative estimate of drug-likeness (QED) is 0.586. The van der Waals surface area contributed by atoms with Crippen LogP contribution < -0.4 is 21.3 Å². The highest BCUT2D eigenvalue weighted by molar-refractivity contribution is 5.93. The second-order valence-electron chi connectivity index (χ2n) is 8.82. The summed E-state index contributed by atoms with van der Waals surface area (Å²) in [5, 5.41) is 12.0. The molecule has 172 valence electrons. The number of carbonyl (C=O) groups is 3. The number of carbonyl (C=O) groups excluding carboxylic acids is 3. The number of amides is 3. The first kappa shape index (κ1) is 24.9. The molecule has 31 heavy (non-hydrogen) atoms. The summed E-state index contributed by atoms with van der Waals surface area (Å²) in [5.74, 6) is -0.369. The van der Waals surface area contributed by atoms with Gasteiger partial charge in [0.1, 0.15) is 12.1 Å². The summed E-state index contributed by atoms with van der Waals surface area (Å²) in [6.45, 7) is 7.17. The summed E-state index contributed by atoms with van der Waals surface area (Å²) in [4.78, 5) is 38.4. The lowest BCUT2D eigenvalue weighted by atomic mass is 10.0. The highest BCUT2D eigenvalue weighted by atomic mass is 16.2. The molecular formula is C24H38N4O3. The van der Waals surface area contributed by atoms with Gasteiger partial charge in [0.15, 0.2) is 0 Å². The molecule has 0 radical (unpaired) electrons. The van der Waals surface area contributed by atoms with Crippen molar-refractivity contribution in [3.8, 4) is 0 Å². The van der Waals surface area contributed by atoms with Crippen LogP contribution >= 0.6 is 0 Å². The van der Waals surface area contributed by atoms with Gasteiger partial charge in [-0.1, -0.05) is 57.0 Å². The van der Waals surface area contributed by atoms with Crippen molar-refractivity contribution in [1.82, 2.24) is 21.3 Å². The van der Waals surface area contributed by atoms with E-state index in [9.17, 15) is 14.4 Å². The van der Waals surface area contributed by atoms with Crippen LogP contribution in [-0.4, -0.2) is 48.9 Å². The summed E-state index contributed by atoms with van der Waals surface area (Å²) >= 11 is 0. The Hall–Kier alpha value is -2.41. The zero-order valence-electron chi connectivity index (χ0n) is 19.1. The molecule has 1 aromatic carbocycles. The molecule has 4 N–H and O–H groups in total. The minimum Gasteiger partial charge on any atom is -0.354 e. The molecule has 0 unspecified atom stereocenters. The third-order valence-corrected chi connectivity index (χ3v) is 5.48. The van der Waals surface area contributed by atoms with Gasteiger partial charge in [0, 0.05) is 13.0 Å². The zero-order chi connectivity index (χ0) is 22.6. The van der Waals surface area contributed by atoms with Gasteiger partial charge in [-0.05, 0) is 44.2 Å². The topological polar surface area (TPSA) is 99.3 Å². The molecule has 2 rings (SSSR count). The monoisotopic (exact) mass is 430 g/mol. The molecular weight excluding hydrogens is 392 g/mol. The Balaban J connectivity index is 2.12. The van der Waals surface area contributed by atoms with Crippen molar-refractivity contribution in [2.75, 3.05) is 13.1 Å². The van der Waals surface area contributed by atoms with E-state index in [-0.39, 0.29) is 23.8 Å². The molecule has 0 aliphatic carbocycles. The summed E-state index contributed by atoms with van der Waals surface area (Å²) in [6.07, 6.45) is 5.03. The minimum absolute atomic E-state index is 0.174. The largest absolute Gasteiger partial charge is 0.354 e. The molecule has 7 nitrogen and oxygen atoms in total. The maximum atomic E-state index is 12.8. The standard InChI is InChI=1S/C24H38N4O3/c1-17(2)15-20-24(31)27-18(3)22(29)28-21(16-19-11-7-6-8-12-19)23(30)26-14-10-5-4-9-13-25-20/h6-8,11-12,17-18,20-21,25H,4-5,9-10,13-16H2,1-3H3,(H,26,30)(H,27,31)(H,28,29)/t18-,20-,21-/m0/s1. The van der Waals surface area contributed by atoms with E-state index in [0.29, 0.717) is 25.3 Å². The van der Waals surface area contributed by atoms with E-state index in [1.807, 2.05) is 30.3 Å². The van der Waals surface area contributed by atoms with Crippen LogP contribution in [0.3, 0.4) is 0 Å². The van der Waals surface area contributed by atoms with Gasteiger partial charge in [0.2, 0.25) is 17.7 Å². The highest BCUT2D eigenvalue weighted by Gasteiger charge is 2.27. The van der Waals surface area contributed by atoms with Gasteiger partial charge >= 0.3 is 0 Å². The summed E-state index contributed by atoms with van der Waals surface area (Å²) in [7, 11) is 0. The van der Waals surface area contributed by atoms with E-state index in [1.54, 1.807) is 6.92 Å². The van der Waals surface area contributed by atoms with Gasteiger partial charge in [-0.25, -0.2) is 0 Å². The van der Waals surface area contributed by atoms with Crippen LogP contribution in [0.5, 0.6) is 0 Å².